The lowest BCUT2D eigenvalue weighted by Crippen LogP contribution is -2.26. The Morgan fingerprint density at radius 2 is 1.68 bits per heavy atom. The quantitative estimate of drug-likeness (QED) is 0.361. The van der Waals surface area contributed by atoms with E-state index in [-0.39, 0.29) is 47.1 Å². The van der Waals surface area contributed by atoms with Crippen molar-refractivity contribution in [1.29, 1.82) is 0 Å². The molecule has 0 aliphatic rings. The number of hydrogen-bond acceptors (Lipinski definition) is 7. The average Bonchev–Trinajstić information content (AvgIpc) is 3.27. The first-order chi connectivity index (χ1) is 17.2. The number of carbonyl (C=O) groups is 1. The van der Waals surface area contributed by atoms with E-state index in [1.54, 1.807) is 6.92 Å². The van der Waals surface area contributed by atoms with E-state index in [1.807, 2.05) is 4.72 Å². The summed E-state index contributed by atoms with van der Waals surface area (Å²) < 4.78 is 109. The van der Waals surface area contributed by atoms with Crippen molar-refractivity contribution in [1.82, 2.24) is 15.5 Å². The van der Waals surface area contributed by atoms with Crippen LogP contribution in [0, 0.1) is 0 Å². The molecule has 1 aromatic heterocycles. The van der Waals surface area contributed by atoms with Gasteiger partial charge in [0, 0.05) is 6.54 Å². The van der Waals surface area contributed by atoms with Crippen molar-refractivity contribution in [2.45, 2.75) is 30.6 Å². The molecule has 0 spiro atoms. The zero-order chi connectivity index (χ0) is 27.4. The number of alkyl halides is 6. The number of nitrogens with one attached hydrogen (secondary N) is 2. The van der Waals surface area contributed by atoms with Crippen LogP contribution in [0.1, 0.15) is 33.4 Å². The van der Waals surface area contributed by atoms with Crippen molar-refractivity contribution in [3.63, 3.8) is 0 Å². The van der Waals surface area contributed by atoms with E-state index in [4.69, 9.17) is 4.74 Å². The number of anilines is 1. The summed E-state index contributed by atoms with van der Waals surface area (Å²) in [4.78, 5) is 12.2. The van der Waals surface area contributed by atoms with Crippen LogP contribution in [-0.2, 0) is 28.8 Å². The fourth-order valence-corrected chi connectivity index (χ4v) is 4.81. The van der Waals surface area contributed by atoms with Crippen LogP contribution in [0.5, 0.6) is 5.75 Å². The SMILES string of the molecule is CCOc1cc(C(F)(F)F)ccc1C(=O)NCCc1ccc(S(=O)(=O)Nc2nnc(C(F)(F)F)s2)cc1. The van der Waals surface area contributed by atoms with Crippen LogP contribution in [0.3, 0.4) is 0 Å². The standard InChI is InChI=1S/C21H18F6N4O4S2/c1-2-35-16-11-13(20(22,23)24)5-8-15(16)17(32)28-10-9-12-3-6-14(7-4-12)37(33,34)31-19-30-29-18(36-19)21(25,26)27/h3-8,11H,2,9-10H2,1H3,(H,28,32)(H,30,31). The fraction of sp³-hybridized carbons (Fsp3) is 0.286. The average molecular weight is 569 g/mol. The summed E-state index contributed by atoms with van der Waals surface area (Å²) in [7, 11) is -4.23. The Labute approximate surface area is 210 Å². The van der Waals surface area contributed by atoms with Gasteiger partial charge in [0.25, 0.3) is 15.9 Å². The number of nitrogens with zero attached hydrogens (tertiary/aromatic N) is 2. The third-order valence-corrected chi connectivity index (χ3v) is 7.04. The lowest BCUT2D eigenvalue weighted by molar-refractivity contribution is -0.138. The molecule has 0 unspecified atom stereocenters. The minimum absolute atomic E-state index is 0.0400. The molecule has 0 bridgehead atoms. The highest BCUT2D eigenvalue weighted by Gasteiger charge is 2.36. The molecule has 200 valence electrons. The monoisotopic (exact) mass is 568 g/mol. The molecule has 37 heavy (non-hydrogen) atoms. The summed E-state index contributed by atoms with van der Waals surface area (Å²) >= 11 is 0.0400. The summed E-state index contributed by atoms with van der Waals surface area (Å²) in [6.07, 6.45) is -9.11. The highest BCUT2D eigenvalue weighted by molar-refractivity contribution is 7.93. The topological polar surface area (TPSA) is 110 Å². The van der Waals surface area contributed by atoms with Crippen molar-refractivity contribution >= 4 is 32.4 Å². The summed E-state index contributed by atoms with van der Waals surface area (Å²) in [5.74, 6) is -0.870. The predicted molar refractivity (Wildman–Crippen MR) is 121 cm³/mol. The van der Waals surface area contributed by atoms with Crippen molar-refractivity contribution in [2.75, 3.05) is 17.9 Å². The molecule has 1 amide bonds. The van der Waals surface area contributed by atoms with Crippen molar-refractivity contribution in [3.8, 4) is 5.75 Å². The van der Waals surface area contributed by atoms with Crippen molar-refractivity contribution < 1.29 is 44.3 Å². The first kappa shape index (κ1) is 28.2. The number of benzene rings is 2. The van der Waals surface area contributed by atoms with Gasteiger partial charge in [0.1, 0.15) is 5.75 Å². The Hall–Kier alpha value is -3.40. The lowest BCUT2D eigenvalue weighted by atomic mass is 10.1. The minimum Gasteiger partial charge on any atom is -0.493 e. The zero-order valence-electron chi connectivity index (χ0n) is 18.8. The van der Waals surface area contributed by atoms with E-state index in [1.165, 1.54) is 24.3 Å². The van der Waals surface area contributed by atoms with Crippen molar-refractivity contribution in [2.24, 2.45) is 0 Å². The van der Waals surface area contributed by atoms with Crippen LogP contribution in [0.15, 0.2) is 47.4 Å². The maximum absolute atomic E-state index is 12.9. The number of ether oxygens (including phenoxy) is 1. The number of halogens is 6. The predicted octanol–water partition coefficient (Wildman–Crippen LogP) is 4.75. The third-order valence-electron chi connectivity index (χ3n) is 4.68. The number of hydrogen-bond donors (Lipinski definition) is 2. The highest BCUT2D eigenvalue weighted by atomic mass is 32.2. The Morgan fingerprint density at radius 3 is 2.24 bits per heavy atom. The molecule has 8 nitrogen and oxygen atoms in total. The maximum Gasteiger partial charge on any atom is 0.445 e. The van der Waals surface area contributed by atoms with Crippen LogP contribution in [0.25, 0.3) is 0 Å². The van der Waals surface area contributed by atoms with Gasteiger partial charge in [-0.2, -0.15) is 26.3 Å². The van der Waals surface area contributed by atoms with Gasteiger partial charge in [-0.05, 0) is 49.2 Å². The molecule has 0 aliphatic carbocycles. The molecular weight excluding hydrogens is 550 g/mol. The Kier molecular flexibility index (Phi) is 8.32. The Morgan fingerprint density at radius 1 is 1.00 bits per heavy atom. The Balaban J connectivity index is 1.61. The summed E-state index contributed by atoms with van der Waals surface area (Å²) in [6.45, 7) is 1.68. The van der Waals surface area contributed by atoms with E-state index in [0.717, 1.165) is 18.2 Å². The molecule has 0 radical (unpaired) electrons. The smallest absolute Gasteiger partial charge is 0.445 e. The molecule has 1 heterocycles. The van der Waals surface area contributed by atoms with Crippen LogP contribution in [-0.4, -0.2) is 37.7 Å². The van der Waals surface area contributed by atoms with E-state index in [9.17, 15) is 39.6 Å². The van der Waals surface area contributed by atoms with Gasteiger partial charge in [0.2, 0.25) is 10.1 Å². The van der Waals surface area contributed by atoms with E-state index < -0.39 is 44.0 Å². The van der Waals surface area contributed by atoms with Crippen LogP contribution in [0.4, 0.5) is 31.5 Å². The minimum atomic E-state index is -4.75. The summed E-state index contributed by atoms with van der Waals surface area (Å²) in [6, 6.07) is 7.85. The molecular formula is C21H18F6N4O4S2. The normalized spacial score (nSPS) is 12.3. The molecule has 0 saturated carbocycles. The van der Waals surface area contributed by atoms with Crippen LogP contribution < -0.4 is 14.8 Å². The van der Waals surface area contributed by atoms with Crippen molar-refractivity contribution in [3.05, 3.63) is 64.2 Å². The molecule has 2 aromatic carbocycles. The second-order valence-electron chi connectivity index (χ2n) is 7.31. The summed E-state index contributed by atoms with van der Waals surface area (Å²) in [5, 5.41) is 6.80. The second kappa shape index (κ2) is 10.9. The fourth-order valence-electron chi connectivity index (χ4n) is 2.96. The molecule has 3 rings (SSSR count). The molecule has 0 saturated heterocycles. The number of rotatable bonds is 9. The molecule has 16 heteroatoms. The van der Waals surface area contributed by atoms with Gasteiger partial charge >= 0.3 is 12.4 Å². The van der Waals surface area contributed by atoms with Gasteiger partial charge in [-0.25, -0.2) is 8.42 Å². The zero-order valence-corrected chi connectivity index (χ0v) is 20.4. The van der Waals surface area contributed by atoms with E-state index in [0.29, 0.717) is 5.56 Å². The molecule has 0 aliphatic heterocycles. The van der Waals surface area contributed by atoms with Gasteiger partial charge in [0.05, 0.1) is 22.6 Å². The summed E-state index contributed by atoms with van der Waals surface area (Å²) in [5.41, 5.74) is -0.427. The molecule has 0 atom stereocenters. The van der Waals surface area contributed by atoms with Gasteiger partial charge < -0.3 is 10.1 Å². The number of amides is 1. The lowest BCUT2D eigenvalue weighted by Gasteiger charge is -2.14. The Bertz CT molecular complexity index is 1360. The van der Waals surface area contributed by atoms with Crippen LogP contribution >= 0.6 is 11.3 Å². The number of aromatic nitrogens is 2. The van der Waals surface area contributed by atoms with Gasteiger partial charge in [-0.3, -0.25) is 9.52 Å². The number of carbonyl (C=O) groups excluding carboxylic acids is 1. The largest absolute Gasteiger partial charge is 0.493 e. The maximum atomic E-state index is 12.9. The van der Waals surface area contributed by atoms with Gasteiger partial charge in [0.15, 0.2) is 0 Å². The first-order valence-corrected chi connectivity index (χ1v) is 12.7. The molecule has 3 aromatic rings. The van der Waals surface area contributed by atoms with Gasteiger partial charge in [-0.1, -0.05) is 23.5 Å². The highest BCUT2D eigenvalue weighted by Crippen LogP contribution is 2.34. The van der Waals surface area contributed by atoms with Crippen LogP contribution in [0.2, 0.25) is 0 Å². The second-order valence-corrected chi connectivity index (χ2v) is 9.97. The molecule has 2 N–H and O–H groups in total. The molecule has 0 fully saturated rings. The van der Waals surface area contributed by atoms with E-state index >= 15 is 0 Å². The third kappa shape index (κ3) is 7.31. The first-order valence-electron chi connectivity index (χ1n) is 10.4. The number of sulfonamides is 1. The van der Waals surface area contributed by atoms with E-state index in [2.05, 4.69) is 15.5 Å². The van der Waals surface area contributed by atoms with Gasteiger partial charge in [-0.15, -0.1) is 10.2 Å².